The lowest BCUT2D eigenvalue weighted by Gasteiger charge is -2.40. The van der Waals surface area contributed by atoms with Gasteiger partial charge in [0.15, 0.2) is 0 Å². The maximum Gasteiger partial charge on any atom is 0.419 e. The van der Waals surface area contributed by atoms with E-state index in [0.29, 0.717) is 35.6 Å². The fourth-order valence-corrected chi connectivity index (χ4v) is 4.90. The normalized spacial score (nSPS) is 16.9. The van der Waals surface area contributed by atoms with Crippen LogP contribution in [-0.4, -0.2) is 41.9 Å². The van der Waals surface area contributed by atoms with Gasteiger partial charge in [-0.05, 0) is 60.8 Å². The van der Waals surface area contributed by atoms with Crippen LogP contribution in [0.3, 0.4) is 0 Å². The molecule has 0 aliphatic carbocycles. The van der Waals surface area contributed by atoms with Gasteiger partial charge in [0.05, 0.1) is 19.8 Å². The fourth-order valence-electron chi connectivity index (χ4n) is 4.90. The Labute approximate surface area is 202 Å². The molecule has 3 aromatic rings. The second kappa shape index (κ2) is 9.79. The summed E-state index contributed by atoms with van der Waals surface area (Å²) in [7, 11) is 3.12. The Bertz CT molecular complexity index is 1100. The number of methoxy groups -OCH3 is 2. The molecule has 4 rings (SSSR count). The Morgan fingerprint density at radius 2 is 1.43 bits per heavy atom. The number of hydrogen-bond donors (Lipinski definition) is 2. The summed E-state index contributed by atoms with van der Waals surface area (Å²) < 4.78 is 50.6. The predicted molar refractivity (Wildman–Crippen MR) is 126 cm³/mol. The molecule has 1 atom stereocenters. The summed E-state index contributed by atoms with van der Waals surface area (Å²) in [5.74, 6) is 0.508. The van der Waals surface area contributed by atoms with E-state index in [1.54, 1.807) is 62.8 Å². The van der Waals surface area contributed by atoms with Gasteiger partial charge >= 0.3 is 6.18 Å². The molecule has 1 heterocycles. The quantitative estimate of drug-likeness (QED) is 0.472. The summed E-state index contributed by atoms with van der Waals surface area (Å²) >= 11 is 0. The summed E-state index contributed by atoms with van der Waals surface area (Å²) in [6.07, 6.45) is -3.29. The van der Waals surface area contributed by atoms with Crippen LogP contribution in [0.15, 0.2) is 66.7 Å². The standard InChI is InChI=1S/C27H28F3NO4/c1-34-21-12-8-19(9-13-21)26(33,20-10-14-22(35-2)15-11-20)24-7-4-16-31(24)17-18-5-3-6-23(25(18)32)27(28,29)30/h3,5-6,8-15,24,32-33H,4,7,16-17H2,1-2H3. The summed E-state index contributed by atoms with van der Waals surface area (Å²) in [5, 5.41) is 22.7. The maximum absolute atomic E-state index is 13.3. The number of phenols is 1. The Kier molecular flexibility index (Phi) is 6.96. The first-order chi connectivity index (χ1) is 16.7. The van der Waals surface area contributed by atoms with Gasteiger partial charge in [0.1, 0.15) is 22.8 Å². The average Bonchev–Trinajstić information content (AvgIpc) is 3.33. The van der Waals surface area contributed by atoms with E-state index < -0.39 is 29.1 Å². The zero-order chi connectivity index (χ0) is 25.2. The van der Waals surface area contributed by atoms with Crippen LogP contribution in [-0.2, 0) is 18.3 Å². The molecule has 0 amide bonds. The molecular formula is C27H28F3NO4. The number of benzene rings is 3. The average molecular weight is 488 g/mol. The third kappa shape index (κ3) is 4.81. The van der Waals surface area contributed by atoms with Gasteiger partial charge in [-0.25, -0.2) is 0 Å². The van der Waals surface area contributed by atoms with Crippen LogP contribution >= 0.6 is 0 Å². The number of hydrogen-bond acceptors (Lipinski definition) is 5. The molecule has 1 aliphatic rings. The Morgan fingerprint density at radius 3 is 1.91 bits per heavy atom. The van der Waals surface area contributed by atoms with E-state index in [9.17, 15) is 23.4 Å². The van der Waals surface area contributed by atoms with Crippen molar-refractivity contribution in [2.45, 2.75) is 37.2 Å². The third-order valence-electron chi connectivity index (χ3n) is 6.70. The van der Waals surface area contributed by atoms with Crippen molar-refractivity contribution in [2.24, 2.45) is 0 Å². The van der Waals surface area contributed by atoms with Crippen LogP contribution in [0.25, 0.3) is 0 Å². The number of nitrogens with zero attached hydrogens (tertiary/aromatic N) is 1. The SMILES string of the molecule is COc1ccc(C(O)(c2ccc(OC)cc2)C2CCCN2Cc2cccc(C(F)(F)F)c2O)cc1. The van der Waals surface area contributed by atoms with Gasteiger partial charge in [-0.1, -0.05) is 36.4 Å². The van der Waals surface area contributed by atoms with Crippen molar-refractivity contribution < 1.29 is 32.9 Å². The highest BCUT2D eigenvalue weighted by molar-refractivity contribution is 5.44. The lowest BCUT2D eigenvalue weighted by molar-refractivity contribution is -0.138. The van der Waals surface area contributed by atoms with E-state index >= 15 is 0 Å². The number of phenolic OH excluding ortho intramolecular Hbond substituents is 1. The Hall–Kier alpha value is -3.23. The first-order valence-electron chi connectivity index (χ1n) is 11.3. The van der Waals surface area contributed by atoms with Gasteiger partial charge in [0.25, 0.3) is 0 Å². The van der Waals surface area contributed by atoms with Crippen molar-refractivity contribution in [1.29, 1.82) is 0 Å². The van der Waals surface area contributed by atoms with Crippen molar-refractivity contribution in [3.8, 4) is 17.2 Å². The highest BCUT2D eigenvalue weighted by atomic mass is 19.4. The van der Waals surface area contributed by atoms with Gasteiger partial charge in [0, 0.05) is 18.2 Å². The number of halogens is 3. The highest BCUT2D eigenvalue weighted by Gasteiger charge is 2.46. The minimum absolute atomic E-state index is 0.0645. The van der Waals surface area contributed by atoms with Crippen LogP contribution in [0.5, 0.6) is 17.2 Å². The van der Waals surface area contributed by atoms with Crippen molar-refractivity contribution in [3.63, 3.8) is 0 Å². The maximum atomic E-state index is 13.3. The second-order valence-electron chi connectivity index (χ2n) is 8.66. The molecule has 5 nitrogen and oxygen atoms in total. The van der Waals surface area contributed by atoms with Crippen LogP contribution in [0.4, 0.5) is 13.2 Å². The van der Waals surface area contributed by atoms with E-state index in [2.05, 4.69) is 0 Å². The van der Waals surface area contributed by atoms with E-state index in [4.69, 9.17) is 9.47 Å². The zero-order valence-electron chi connectivity index (χ0n) is 19.5. The Balaban J connectivity index is 1.75. The number of aromatic hydroxyl groups is 1. The number of alkyl halides is 3. The molecule has 2 N–H and O–H groups in total. The van der Waals surface area contributed by atoms with Crippen molar-refractivity contribution in [1.82, 2.24) is 4.90 Å². The first kappa shape index (κ1) is 24.9. The number of rotatable bonds is 7. The highest BCUT2D eigenvalue weighted by Crippen LogP contribution is 2.43. The van der Waals surface area contributed by atoms with Gasteiger partial charge in [0.2, 0.25) is 0 Å². The van der Waals surface area contributed by atoms with Gasteiger partial charge < -0.3 is 19.7 Å². The molecule has 1 aliphatic heterocycles. The molecule has 0 bridgehead atoms. The smallest absolute Gasteiger partial charge is 0.419 e. The molecule has 1 fully saturated rings. The predicted octanol–water partition coefficient (Wildman–Crippen LogP) is 5.33. The van der Waals surface area contributed by atoms with Crippen molar-refractivity contribution in [3.05, 3.63) is 89.0 Å². The van der Waals surface area contributed by atoms with Crippen LogP contribution in [0.2, 0.25) is 0 Å². The molecule has 186 valence electrons. The lowest BCUT2D eigenvalue weighted by Crippen LogP contribution is -2.48. The van der Waals surface area contributed by atoms with Crippen LogP contribution in [0, 0.1) is 0 Å². The van der Waals surface area contributed by atoms with Gasteiger partial charge in [-0.15, -0.1) is 0 Å². The molecule has 0 spiro atoms. The Morgan fingerprint density at radius 1 is 0.886 bits per heavy atom. The van der Waals surface area contributed by atoms with E-state index in [0.717, 1.165) is 12.5 Å². The number of para-hydroxylation sites is 1. The zero-order valence-corrected chi connectivity index (χ0v) is 19.5. The number of aliphatic hydroxyl groups is 1. The van der Waals surface area contributed by atoms with Gasteiger partial charge in [-0.2, -0.15) is 13.2 Å². The fraction of sp³-hybridized carbons (Fsp3) is 0.333. The third-order valence-corrected chi connectivity index (χ3v) is 6.70. The molecule has 0 aromatic heterocycles. The van der Waals surface area contributed by atoms with Gasteiger partial charge in [-0.3, -0.25) is 4.90 Å². The van der Waals surface area contributed by atoms with E-state index in [1.807, 2.05) is 4.90 Å². The molecular weight excluding hydrogens is 459 g/mol. The van der Waals surface area contributed by atoms with Crippen LogP contribution < -0.4 is 9.47 Å². The molecule has 1 saturated heterocycles. The largest absolute Gasteiger partial charge is 0.507 e. The molecule has 3 aromatic carbocycles. The van der Waals surface area contributed by atoms with Crippen molar-refractivity contribution >= 4 is 0 Å². The number of likely N-dealkylation sites (tertiary alicyclic amines) is 1. The number of ether oxygens (including phenoxy) is 2. The summed E-state index contributed by atoms with van der Waals surface area (Å²) in [4.78, 5) is 1.93. The minimum Gasteiger partial charge on any atom is -0.507 e. The summed E-state index contributed by atoms with van der Waals surface area (Å²) in [6.45, 7) is 0.629. The molecule has 0 radical (unpaired) electrons. The van der Waals surface area contributed by atoms with Crippen LogP contribution in [0.1, 0.15) is 35.1 Å². The molecule has 35 heavy (non-hydrogen) atoms. The topological polar surface area (TPSA) is 62.2 Å². The lowest BCUT2D eigenvalue weighted by atomic mass is 9.79. The second-order valence-corrected chi connectivity index (χ2v) is 8.66. The first-order valence-corrected chi connectivity index (χ1v) is 11.3. The molecule has 8 heteroatoms. The van der Waals surface area contributed by atoms with Crippen molar-refractivity contribution in [2.75, 3.05) is 20.8 Å². The molecule has 1 unspecified atom stereocenters. The van der Waals surface area contributed by atoms with E-state index in [-0.39, 0.29) is 12.1 Å². The summed E-state index contributed by atoms with van der Waals surface area (Å²) in [6, 6.07) is 17.4. The molecule has 0 saturated carbocycles. The summed E-state index contributed by atoms with van der Waals surface area (Å²) in [5.41, 5.74) is -1.10. The minimum atomic E-state index is -4.66. The monoisotopic (exact) mass is 487 g/mol. The van der Waals surface area contributed by atoms with E-state index in [1.165, 1.54) is 12.1 Å².